The largest absolute Gasteiger partial charge is 0.308 e. The molecule has 1 amide bonds. The predicted octanol–water partition coefficient (Wildman–Crippen LogP) is 2.23. The van der Waals surface area contributed by atoms with E-state index in [1.54, 1.807) is 11.8 Å². The highest BCUT2D eigenvalue weighted by Gasteiger charge is 2.45. The monoisotopic (exact) mass is 289 g/mol. The van der Waals surface area contributed by atoms with Gasteiger partial charge in [0.05, 0.1) is 16.9 Å². The summed E-state index contributed by atoms with van der Waals surface area (Å²) in [6.45, 7) is 3.59. The number of amidine groups is 1. The van der Waals surface area contributed by atoms with E-state index in [0.29, 0.717) is 6.54 Å². The zero-order valence-electron chi connectivity index (χ0n) is 12.0. The Hall–Kier alpha value is -1.33. The minimum absolute atomic E-state index is 0.00858. The quantitative estimate of drug-likeness (QED) is 0.856. The highest BCUT2D eigenvalue weighted by molar-refractivity contribution is 8.01. The van der Waals surface area contributed by atoms with Crippen LogP contribution in [0.1, 0.15) is 6.92 Å². The molecule has 2 aliphatic heterocycles. The lowest BCUT2D eigenvalue weighted by atomic mass is 10.1. The van der Waals surface area contributed by atoms with Crippen LogP contribution in [0.25, 0.3) is 0 Å². The summed E-state index contributed by atoms with van der Waals surface area (Å²) in [6.07, 6.45) is 0. The van der Waals surface area contributed by atoms with Gasteiger partial charge in [0.15, 0.2) is 0 Å². The van der Waals surface area contributed by atoms with Crippen LogP contribution in [0.15, 0.2) is 34.2 Å². The van der Waals surface area contributed by atoms with Crippen molar-refractivity contribution >= 4 is 29.2 Å². The van der Waals surface area contributed by atoms with E-state index in [4.69, 9.17) is 4.99 Å². The molecule has 2 heterocycles. The molecule has 0 aliphatic carbocycles. The van der Waals surface area contributed by atoms with Crippen LogP contribution in [0, 0.1) is 5.92 Å². The van der Waals surface area contributed by atoms with E-state index in [9.17, 15) is 4.79 Å². The van der Waals surface area contributed by atoms with Crippen molar-refractivity contribution < 1.29 is 4.79 Å². The summed E-state index contributed by atoms with van der Waals surface area (Å²) in [5.41, 5.74) is 0.987. The van der Waals surface area contributed by atoms with Crippen LogP contribution in [-0.4, -0.2) is 54.0 Å². The van der Waals surface area contributed by atoms with Crippen LogP contribution in [0.2, 0.25) is 0 Å². The van der Waals surface area contributed by atoms with Crippen molar-refractivity contribution in [3.05, 3.63) is 24.3 Å². The molecule has 1 saturated heterocycles. The molecule has 2 atom stereocenters. The first kappa shape index (κ1) is 13.6. The smallest absolute Gasteiger partial charge is 0.232 e. The number of nitrogens with zero attached hydrogens (tertiary/aromatic N) is 3. The topological polar surface area (TPSA) is 35.9 Å². The number of carbonyl (C=O) groups excluding carboxylic acids is 1. The Morgan fingerprint density at radius 1 is 1.35 bits per heavy atom. The fourth-order valence-electron chi connectivity index (χ4n) is 2.58. The summed E-state index contributed by atoms with van der Waals surface area (Å²) < 4.78 is 0. The van der Waals surface area contributed by atoms with Crippen molar-refractivity contribution in [1.82, 2.24) is 9.80 Å². The zero-order chi connectivity index (χ0) is 14.3. The van der Waals surface area contributed by atoms with E-state index < -0.39 is 0 Å². The number of aliphatic imine (C=N–C) groups is 1. The number of likely N-dealkylation sites (N-methyl/N-ethyl adjacent to an activating group) is 1. The minimum atomic E-state index is 0.00858. The summed E-state index contributed by atoms with van der Waals surface area (Å²) >= 11 is 1.77. The average molecular weight is 289 g/mol. The van der Waals surface area contributed by atoms with Crippen molar-refractivity contribution in [3.8, 4) is 0 Å². The highest BCUT2D eigenvalue weighted by atomic mass is 32.2. The third-order valence-corrected chi connectivity index (χ3v) is 5.24. The molecule has 0 saturated carbocycles. The van der Waals surface area contributed by atoms with Crippen molar-refractivity contribution in [3.63, 3.8) is 0 Å². The molecule has 4 nitrogen and oxygen atoms in total. The first-order chi connectivity index (χ1) is 9.58. The molecular weight excluding hydrogens is 270 g/mol. The number of para-hydroxylation sites is 1. The van der Waals surface area contributed by atoms with Gasteiger partial charge in [-0.2, -0.15) is 0 Å². The van der Waals surface area contributed by atoms with Crippen molar-refractivity contribution in [1.29, 1.82) is 0 Å². The molecule has 0 bridgehead atoms. The number of hydrogen-bond donors (Lipinski definition) is 0. The molecule has 3 rings (SSSR count). The Balaban J connectivity index is 1.93. The molecule has 1 fully saturated rings. The van der Waals surface area contributed by atoms with E-state index in [2.05, 4.69) is 11.0 Å². The SMILES string of the molecule is CC1C(=O)N(CCN(C)C)C2=Nc3ccccc3SC21. The first-order valence-electron chi connectivity index (χ1n) is 6.88. The molecule has 2 unspecified atom stereocenters. The number of thioether (sulfide) groups is 1. The summed E-state index contributed by atoms with van der Waals surface area (Å²) in [4.78, 5) is 22.3. The van der Waals surface area contributed by atoms with Crippen LogP contribution in [-0.2, 0) is 4.79 Å². The maximum Gasteiger partial charge on any atom is 0.232 e. The van der Waals surface area contributed by atoms with Crippen LogP contribution in [0.3, 0.4) is 0 Å². The molecule has 0 spiro atoms. The molecule has 0 N–H and O–H groups in total. The van der Waals surface area contributed by atoms with E-state index in [1.165, 1.54) is 4.90 Å². The fraction of sp³-hybridized carbons (Fsp3) is 0.467. The van der Waals surface area contributed by atoms with Gasteiger partial charge < -0.3 is 4.90 Å². The van der Waals surface area contributed by atoms with Gasteiger partial charge in [-0.25, -0.2) is 4.99 Å². The van der Waals surface area contributed by atoms with Crippen molar-refractivity contribution in [2.24, 2.45) is 10.9 Å². The van der Waals surface area contributed by atoms with Gasteiger partial charge in [0.25, 0.3) is 0 Å². The molecular formula is C15H19N3OS. The summed E-state index contributed by atoms with van der Waals surface area (Å²) in [5.74, 6) is 1.15. The van der Waals surface area contributed by atoms with E-state index in [0.717, 1.165) is 18.1 Å². The molecule has 0 aromatic heterocycles. The average Bonchev–Trinajstić information content (AvgIpc) is 2.66. The maximum absolute atomic E-state index is 12.4. The number of carbonyl (C=O) groups is 1. The highest BCUT2D eigenvalue weighted by Crippen LogP contribution is 2.44. The van der Waals surface area contributed by atoms with Crippen LogP contribution < -0.4 is 0 Å². The molecule has 2 aliphatic rings. The maximum atomic E-state index is 12.4. The zero-order valence-corrected chi connectivity index (χ0v) is 12.9. The standard InChI is InChI=1S/C15H19N3OS/c1-10-13-14(18(15(10)19)9-8-17(2)3)16-11-6-4-5-7-12(11)20-13/h4-7,10,13H,8-9H2,1-3H3. The number of benzene rings is 1. The third kappa shape index (κ3) is 2.25. The normalized spacial score (nSPS) is 24.7. The predicted molar refractivity (Wildman–Crippen MR) is 82.6 cm³/mol. The van der Waals surface area contributed by atoms with E-state index >= 15 is 0 Å². The van der Waals surface area contributed by atoms with E-state index in [1.807, 2.05) is 44.1 Å². The van der Waals surface area contributed by atoms with Gasteiger partial charge in [-0.3, -0.25) is 9.69 Å². The number of fused-ring (bicyclic) bond motifs is 2. The van der Waals surface area contributed by atoms with Crippen LogP contribution in [0.4, 0.5) is 5.69 Å². The molecule has 1 aromatic rings. The van der Waals surface area contributed by atoms with Gasteiger partial charge in [-0.15, -0.1) is 11.8 Å². The second-order valence-electron chi connectivity index (χ2n) is 5.56. The van der Waals surface area contributed by atoms with Crippen molar-refractivity contribution in [2.75, 3.05) is 27.2 Å². The Morgan fingerprint density at radius 2 is 2.10 bits per heavy atom. The van der Waals surface area contributed by atoms with Crippen LogP contribution in [0.5, 0.6) is 0 Å². The van der Waals surface area contributed by atoms with Gasteiger partial charge in [0.1, 0.15) is 5.84 Å². The molecule has 106 valence electrons. The summed E-state index contributed by atoms with van der Waals surface area (Å²) in [5, 5.41) is 0.166. The molecule has 20 heavy (non-hydrogen) atoms. The van der Waals surface area contributed by atoms with Gasteiger partial charge in [0, 0.05) is 18.0 Å². The van der Waals surface area contributed by atoms with Gasteiger partial charge >= 0.3 is 0 Å². The lowest BCUT2D eigenvalue weighted by Crippen LogP contribution is -2.37. The van der Waals surface area contributed by atoms with Crippen molar-refractivity contribution in [2.45, 2.75) is 17.1 Å². The summed E-state index contributed by atoms with van der Waals surface area (Å²) in [7, 11) is 4.04. The Bertz CT molecular complexity index is 570. The Labute approximate surface area is 123 Å². The van der Waals surface area contributed by atoms with Gasteiger partial charge in [0.2, 0.25) is 5.91 Å². The number of rotatable bonds is 3. The Kier molecular flexibility index (Phi) is 3.56. The Morgan fingerprint density at radius 3 is 2.85 bits per heavy atom. The first-order valence-corrected chi connectivity index (χ1v) is 7.76. The fourth-order valence-corrected chi connectivity index (χ4v) is 3.85. The summed E-state index contributed by atoms with van der Waals surface area (Å²) in [6, 6.07) is 8.12. The molecule has 5 heteroatoms. The number of amides is 1. The van der Waals surface area contributed by atoms with Crippen LogP contribution >= 0.6 is 11.8 Å². The van der Waals surface area contributed by atoms with Gasteiger partial charge in [-0.1, -0.05) is 19.1 Å². The lowest BCUT2D eigenvalue weighted by molar-refractivity contribution is -0.128. The number of likely N-dealkylation sites (tertiary alicyclic amines) is 1. The number of hydrogen-bond acceptors (Lipinski definition) is 4. The molecule has 0 radical (unpaired) electrons. The third-order valence-electron chi connectivity index (χ3n) is 3.77. The second kappa shape index (κ2) is 5.22. The van der Waals surface area contributed by atoms with E-state index in [-0.39, 0.29) is 17.1 Å². The molecule has 1 aromatic carbocycles. The lowest BCUT2D eigenvalue weighted by Gasteiger charge is -2.24. The minimum Gasteiger partial charge on any atom is -0.308 e. The van der Waals surface area contributed by atoms with Gasteiger partial charge in [-0.05, 0) is 26.2 Å². The second-order valence-corrected chi connectivity index (χ2v) is 6.74.